The predicted octanol–water partition coefficient (Wildman–Crippen LogP) is 1.27. The van der Waals surface area contributed by atoms with Gasteiger partial charge < -0.3 is 9.84 Å². The molecule has 1 aliphatic heterocycles. The Labute approximate surface area is 67.2 Å². The Balaban J connectivity index is 2.25. The monoisotopic (exact) mass is 154 g/mol. The molecule has 1 fully saturated rings. The van der Waals surface area contributed by atoms with Crippen LogP contribution in [0, 0.1) is 0 Å². The molecule has 11 heavy (non-hydrogen) atoms. The summed E-state index contributed by atoms with van der Waals surface area (Å²) < 4.78 is 5.19. The molecule has 0 amide bonds. The molecule has 1 aliphatic rings. The van der Waals surface area contributed by atoms with Gasteiger partial charge in [-0.2, -0.15) is 0 Å². The van der Waals surface area contributed by atoms with Crippen LogP contribution in [0.5, 0.6) is 0 Å². The average Bonchev–Trinajstić information content (AvgIpc) is 2.69. The van der Waals surface area contributed by atoms with Gasteiger partial charge in [-0.1, -0.05) is 18.2 Å². The van der Waals surface area contributed by atoms with Gasteiger partial charge >= 0.3 is 0 Å². The van der Waals surface area contributed by atoms with Gasteiger partial charge in [0.1, 0.15) is 12.2 Å². The second kappa shape index (κ2) is 3.69. The van der Waals surface area contributed by atoms with E-state index in [1.165, 1.54) is 0 Å². The van der Waals surface area contributed by atoms with Crippen molar-refractivity contribution in [3.8, 4) is 0 Å². The molecule has 1 heterocycles. The highest BCUT2D eigenvalue weighted by Gasteiger charge is 2.41. The Morgan fingerprint density at radius 2 is 2.45 bits per heavy atom. The molecule has 1 N–H and O–H groups in total. The summed E-state index contributed by atoms with van der Waals surface area (Å²) in [6.07, 6.45) is 5.97. The van der Waals surface area contributed by atoms with Crippen molar-refractivity contribution in [3.05, 3.63) is 24.8 Å². The van der Waals surface area contributed by atoms with Gasteiger partial charge in [-0.25, -0.2) is 0 Å². The molecule has 0 aromatic carbocycles. The Morgan fingerprint density at radius 1 is 1.73 bits per heavy atom. The fourth-order valence-corrected chi connectivity index (χ4v) is 1.10. The molecule has 0 aromatic heterocycles. The summed E-state index contributed by atoms with van der Waals surface area (Å²) in [6.45, 7) is 5.49. The summed E-state index contributed by atoms with van der Waals surface area (Å²) in [6, 6.07) is 0. The van der Waals surface area contributed by atoms with E-state index in [0.717, 1.165) is 0 Å². The van der Waals surface area contributed by atoms with E-state index in [-0.39, 0.29) is 18.3 Å². The molecule has 0 spiro atoms. The lowest BCUT2D eigenvalue weighted by molar-refractivity contribution is 0.138. The first-order chi connectivity index (χ1) is 5.29. The minimum atomic E-state index is -0.381. The van der Waals surface area contributed by atoms with Gasteiger partial charge in [0.25, 0.3) is 0 Å². The molecule has 0 radical (unpaired) electrons. The van der Waals surface area contributed by atoms with Crippen LogP contribution >= 0.6 is 0 Å². The van der Waals surface area contributed by atoms with Crippen LogP contribution in [0.25, 0.3) is 0 Å². The number of aliphatic hydroxyl groups excluding tert-OH is 1. The van der Waals surface area contributed by atoms with Crippen LogP contribution in [0.3, 0.4) is 0 Å². The van der Waals surface area contributed by atoms with Gasteiger partial charge in [-0.3, -0.25) is 0 Å². The van der Waals surface area contributed by atoms with Crippen LogP contribution in [-0.4, -0.2) is 23.4 Å². The van der Waals surface area contributed by atoms with E-state index < -0.39 is 0 Å². The van der Waals surface area contributed by atoms with Crippen molar-refractivity contribution in [2.75, 3.05) is 0 Å². The van der Waals surface area contributed by atoms with Crippen LogP contribution in [0.4, 0.5) is 0 Å². The lowest BCUT2D eigenvalue weighted by Crippen LogP contribution is -2.14. The van der Waals surface area contributed by atoms with Gasteiger partial charge in [0.15, 0.2) is 0 Å². The SMILES string of the molecule is C=CC[C@H](O)[C@H]1O[C@H]1/C=C/C. The smallest absolute Gasteiger partial charge is 0.114 e. The number of ether oxygens (including phenoxy) is 1. The van der Waals surface area contributed by atoms with E-state index in [0.29, 0.717) is 6.42 Å². The normalized spacial score (nSPS) is 32.2. The zero-order valence-electron chi connectivity index (χ0n) is 6.73. The van der Waals surface area contributed by atoms with E-state index in [1.54, 1.807) is 6.08 Å². The first kappa shape index (κ1) is 8.50. The fraction of sp³-hybridized carbons (Fsp3) is 0.556. The van der Waals surface area contributed by atoms with E-state index in [2.05, 4.69) is 6.58 Å². The Morgan fingerprint density at radius 3 is 3.00 bits per heavy atom. The predicted molar refractivity (Wildman–Crippen MR) is 44.3 cm³/mol. The number of aliphatic hydroxyl groups is 1. The third-order valence-electron chi connectivity index (χ3n) is 1.73. The second-order valence-corrected chi connectivity index (χ2v) is 2.68. The molecule has 0 aliphatic carbocycles. The van der Waals surface area contributed by atoms with Gasteiger partial charge in [0.2, 0.25) is 0 Å². The summed E-state index contributed by atoms with van der Waals surface area (Å²) in [5, 5.41) is 9.36. The zero-order valence-corrected chi connectivity index (χ0v) is 6.73. The van der Waals surface area contributed by atoms with E-state index in [1.807, 2.05) is 19.1 Å². The zero-order chi connectivity index (χ0) is 8.27. The summed E-state index contributed by atoms with van der Waals surface area (Å²) in [5.41, 5.74) is 0. The van der Waals surface area contributed by atoms with Crippen molar-refractivity contribution < 1.29 is 9.84 Å². The minimum absolute atomic E-state index is 0.00389. The summed E-state index contributed by atoms with van der Waals surface area (Å²) >= 11 is 0. The van der Waals surface area contributed by atoms with Crippen molar-refractivity contribution in [1.82, 2.24) is 0 Å². The average molecular weight is 154 g/mol. The maximum Gasteiger partial charge on any atom is 0.114 e. The molecular weight excluding hydrogens is 140 g/mol. The van der Waals surface area contributed by atoms with E-state index >= 15 is 0 Å². The fourth-order valence-electron chi connectivity index (χ4n) is 1.10. The van der Waals surface area contributed by atoms with Crippen molar-refractivity contribution >= 4 is 0 Å². The Bertz CT molecular complexity index is 163. The van der Waals surface area contributed by atoms with E-state index in [9.17, 15) is 5.11 Å². The molecule has 2 heteroatoms. The summed E-state index contributed by atoms with van der Waals surface area (Å²) in [5.74, 6) is 0. The van der Waals surface area contributed by atoms with Crippen LogP contribution in [0.2, 0.25) is 0 Å². The standard InChI is InChI=1S/C9H14O2/c1-3-5-7(10)9-8(11-9)6-4-2/h3-4,6-10H,1,5H2,2H3/b6-4+/t7-,8-,9+/m0/s1. The van der Waals surface area contributed by atoms with Gasteiger partial charge in [0, 0.05) is 0 Å². The molecule has 1 rings (SSSR count). The molecule has 0 bridgehead atoms. The minimum Gasteiger partial charge on any atom is -0.390 e. The van der Waals surface area contributed by atoms with Gasteiger partial charge in [0.05, 0.1) is 6.10 Å². The molecular formula is C9H14O2. The molecule has 2 nitrogen and oxygen atoms in total. The molecule has 0 unspecified atom stereocenters. The number of allylic oxidation sites excluding steroid dienone is 1. The van der Waals surface area contributed by atoms with Crippen molar-refractivity contribution in [3.63, 3.8) is 0 Å². The largest absolute Gasteiger partial charge is 0.390 e. The topological polar surface area (TPSA) is 32.8 Å². The molecule has 62 valence electrons. The number of hydrogen-bond donors (Lipinski definition) is 1. The molecule has 1 saturated heterocycles. The van der Waals surface area contributed by atoms with Crippen molar-refractivity contribution in [1.29, 1.82) is 0 Å². The number of rotatable bonds is 4. The highest BCUT2D eigenvalue weighted by Crippen LogP contribution is 2.27. The highest BCUT2D eigenvalue weighted by molar-refractivity contribution is 5.05. The van der Waals surface area contributed by atoms with E-state index in [4.69, 9.17) is 4.74 Å². The lowest BCUT2D eigenvalue weighted by Gasteiger charge is -2.00. The van der Waals surface area contributed by atoms with Crippen LogP contribution in [0.1, 0.15) is 13.3 Å². The van der Waals surface area contributed by atoms with Gasteiger partial charge in [-0.05, 0) is 13.3 Å². The molecule has 0 saturated carbocycles. The third-order valence-corrected chi connectivity index (χ3v) is 1.73. The number of hydrogen-bond acceptors (Lipinski definition) is 2. The van der Waals surface area contributed by atoms with Crippen molar-refractivity contribution in [2.45, 2.75) is 31.7 Å². The van der Waals surface area contributed by atoms with Crippen molar-refractivity contribution in [2.24, 2.45) is 0 Å². The maximum atomic E-state index is 9.36. The van der Waals surface area contributed by atoms with Crippen LogP contribution in [0.15, 0.2) is 24.8 Å². The number of epoxide rings is 1. The molecule has 3 atom stereocenters. The van der Waals surface area contributed by atoms with Crippen LogP contribution in [-0.2, 0) is 4.74 Å². The van der Waals surface area contributed by atoms with Gasteiger partial charge in [-0.15, -0.1) is 6.58 Å². The first-order valence-electron chi connectivity index (χ1n) is 3.87. The second-order valence-electron chi connectivity index (χ2n) is 2.68. The summed E-state index contributed by atoms with van der Waals surface area (Å²) in [7, 11) is 0. The quantitative estimate of drug-likeness (QED) is 0.488. The summed E-state index contributed by atoms with van der Waals surface area (Å²) in [4.78, 5) is 0. The maximum absolute atomic E-state index is 9.36. The Hall–Kier alpha value is -0.600. The first-order valence-corrected chi connectivity index (χ1v) is 3.87. The van der Waals surface area contributed by atoms with Crippen LogP contribution < -0.4 is 0 Å². The lowest BCUT2D eigenvalue weighted by atomic mass is 10.1. The third kappa shape index (κ3) is 2.17. The highest BCUT2D eigenvalue weighted by atomic mass is 16.6. The Kier molecular flexibility index (Phi) is 2.85. The molecule has 0 aromatic rings.